The minimum atomic E-state index is -0.444. The summed E-state index contributed by atoms with van der Waals surface area (Å²) in [5, 5.41) is 2.85. The zero-order chi connectivity index (χ0) is 16.6. The fourth-order valence-corrected chi connectivity index (χ4v) is 2.33. The van der Waals surface area contributed by atoms with Crippen molar-refractivity contribution >= 4 is 11.7 Å². The summed E-state index contributed by atoms with van der Waals surface area (Å²) < 4.78 is 14.2. The van der Waals surface area contributed by atoms with Crippen molar-refractivity contribution in [1.82, 2.24) is 10.3 Å². The number of carbonyl (C=O) groups excluding carboxylic acids is 2. The second kappa shape index (κ2) is 5.91. The predicted octanol–water partition coefficient (Wildman–Crippen LogP) is 3.29. The molecule has 2 aromatic rings. The monoisotopic (exact) mass is 312 g/mol. The maximum absolute atomic E-state index is 14.2. The third-order valence-electron chi connectivity index (χ3n) is 3.97. The van der Waals surface area contributed by atoms with E-state index in [-0.39, 0.29) is 23.3 Å². The molecule has 0 saturated heterocycles. The zero-order valence-electron chi connectivity index (χ0n) is 13.0. The van der Waals surface area contributed by atoms with Crippen molar-refractivity contribution in [2.75, 3.05) is 0 Å². The van der Waals surface area contributed by atoms with Crippen LogP contribution < -0.4 is 5.32 Å². The lowest BCUT2D eigenvalue weighted by molar-refractivity contribution is 0.0949. The molecule has 1 aliphatic rings. The second-order valence-electron chi connectivity index (χ2n) is 5.87. The number of pyridine rings is 1. The molecule has 4 nitrogen and oxygen atoms in total. The highest BCUT2D eigenvalue weighted by molar-refractivity contribution is 5.96. The van der Waals surface area contributed by atoms with Gasteiger partial charge in [-0.2, -0.15) is 0 Å². The second-order valence-corrected chi connectivity index (χ2v) is 5.87. The van der Waals surface area contributed by atoms with Crippen LogP contribution in [-0.2, 0) is 0 Å². The van der Waals surface area contributed by atoms with E-state index in [0.717, 1.165) is 12.8 Å². The van der Waals surface area contributed by atoms with Gasteiger partial charge in [-0.3, -0.25) is 14.6 Å². The molecule has 23 heavy (non-hydrogen) atoms. The van der Waals surface area contributed by atoms with Crippen molar-refractivity contribution < 1.29 is 14.0 Å². The number of rotatable bonds is 4. The topological polar surface area (TPSA) is 59.1 Å². The summed E-state index contributed by atoms with van der Waals surface area (Å²) in [6.45, 7) is 3.11. The van der Waals surface area contributed by atoms with E-state index in [9.17, 15) is 14.0 Å². The van der Waals surface area contributed by atoms with Crippen LogP contribution in [0.3, 0.4) is 0 Å². The van der Waals surface area contributed by atoms with Gasteiger partial charge in [-0.05, 0) is 56.5 Å². The molecule has 1 fully saturated rings. The maximum atomic E-state index is 14.2. The number of halogens is 1. The molecule has 1 N–H and O–H groups in total. The van der Waals surface area contributed by atoms with Gasteiger partial charge in [0.15, 0.2) is 5.78 Å². The van der Waals surface area contributed by atoms with Crippen LogP contribution in [-0.4, -0.2) is 22.7 Å². The molecule has 0 bridgehead atoms. The summed E-state index contributed by atoms with van der Waals surface area (Å²) >= 11 is 0. The van der Waals surface area contributed by atoms with E-state index in [2.05, 4.69) is 10.3 Å². The molecule has 0 atom stereocenters. The van der Waals surface area contributed by atoms with Gasteiger partial charge in [0.05, 0.1) is 5.69 Å². The third-order valence-corrected chi connectivity index (χ3v) is 3.97. The van der Waals surface area contributed by atoms with Gasteiger partial charge in [-0.1, -0.05) is 0 Å². The predicted molar refractivity (Wildman–Crippen MR) is 84.9 cm³/mol. The first-order valence-corrected chi connectivity index (χ1v) is 7.54. The molecule has 1 aromatic heterocycles. The highest BCUT2D eigenvalue weighted by atomic mass is 19.1. The van der Waals surface area contributed by atoms with Crippen molar-refractivity contribution in [2.45, 2.75) is 32.7 Å². The Morgan fingerprint density at radius 3 is 2.52 bits per heavy atom. The average Bonchev–Trinajstić information content (AvgIpc) is 3.34. The summed E-state index contributed by atoms with van der Waals surface area (Å²) in [4.78, 5) is 27.7. The Bertz CT molecular complexity index is 780. The minimum absolute atomic E-state index is 0.0792. The van der Waals surface area contributed by atoms with E-state index in [0.29, 0.717) is 22.4 Å². The summed E-state index contributed by atoms with van der Waals surface area (Å²) in [6, 6.07) is 6.43. The highest BCUT2D eigenvalue weighted by Gasteiger charge is 2.24. The van der Waals surface area contributed by atoms with E-state index in [1.54, 1.807) is 25.1 Å². The van der Waals surface area contributed by atoms with E-state index in [1.807, 2.05) is 0 Å². The average molecular weight is 312 g/mol. The summed E-state index contributed by atoms with van der Waals surface area (Å²) in [5.74, 6) is -0.793. The van der Waals surface area contributed by atoms with Crippen LogP contribution in [0.5, 0.6) is 0 Å². The summed E-state index contributed by atoms with van der Waals surface area (Å²) in [6.07, 6.45) is 3.41. The van der Waals surface area contributed by atoms with Gasteiger partial charge in [-0.25, -0.2) is 4.39 Å². The molecule has 1 saturated carbocycles. The summed E-state index contributed by atoms with van der Waals surface area (Å²) in [5.41, 5.74) is 2.30. The van der Waals surface area contributed by atoms with Gasteiger partial charge in [0, 0.05) is 28.9 Å². The number of Topliss-reactive ketones (excluding diaryl/α,β-unsaturated/α-hetero) is 1. The van der Waals surface area contributed by atoms with Gasteiger partial charge in [0.25, 0.3) is 5.91 Å². The minimum Gasteiger partial charge on any atom is -0.349 e. The lowest BCUT2D eigenvalue weighted by Gasteiger charge is -2.10. The van der Waals surface area contributed by atoms with E-state index in [4.69, 9.17) is 0 Å². The quantitative estimate of drug-likeness (QED) is 0.881. The van der Waals surface area contributed by atoms with Gasteiger partial charge in [0.2, 0.25) is 0 Å². The number of nitrogens with one attached hydrogen (secondary N) is 1. The molecular weight excluding hydrogens is 295 g/mol. The number of hydrogen-bond acceptors (Lipinski definition) is 3. The van der Waals surface area contributed by atoms with Gasteiger partial charge in [0.1, 0.15) is 5.82 Å². The van der Waals surface area contributed by atoms with Crippen LogP contribution in [0.4, 0.5) is 4.39 Å². The number of hydrogen-bond donors (Lipinski definition) is 1. The molecule has 1 amide bonds. The molecule has 0 spiro atoms. The SMILES string of the molecule is CC(=O)c1ccc(-c2cc(C(=O)NC3CC3)cc(F)c2C)nc1. The van der Waals surface area contributed by atoms with Crippen molar-refractivity contribution in [2.24, 2.45) is 0 Å². The van der Waals surface area contributed by atoms with Gasteiger partial charge >= 0.3 is 0 Å². The van der Waals surface area contributed by atoms with Gasteiger partial charge < -0.3 is 5.32 Å². The molecule has 1 heterocycles. The van der Waals surface area contributed by atoms with E-state index < -0.39 is 5.82 Å². The molecule has 3 rings (SSSR count). The number of ketones is 1. The number of aromatic nitrogens is 1. The molecule has 0 aliphatic heterocycles. The Kier molecular flexibility index (Phi) is 3.94. The number of carbonyl (C=O) groups is 2. The lowest BCUT2D eigenvalue weighted by atomic mass is 10.00. The van der Waals surface area contributed by atoms with Crippen LogP contribution in [0.2, 0.25) is 0 Å². The van der Waals surface area contributed by atoms with E-state index in [1.165, 1.54) is 19.2 Å². The highest BCUT2D eigenvalue weighted by Crippen LogP contribution is 2.26. The standard InChI is InChI=1S/C18H17FN2O2/c1-10-15(17-6-3-12(9-20-17)11(2)22)7-13(8-16(10)19)18(23)21-14-4-5-14/h3,6-9,14H,4-5H2,1-2H3,(H,21,23). The molecule has 5 heteroatoms. The maximum Gasteiger partial charge on any atom is 0.251 e. The fraction of sp³-hybridized carbons (Fsp3) is 0.278. The van der Waals surface area contributed by atoms with Crippen LogP contribution in [0.15, 0.2) is 30.5 Å². The Morgan fingerprint density at radius 2 is 1.96 bits per heavy atom. The van der Waals surface area contributed by atoms with Crippen LogP contribution >= 0.6 is 0 Å². The fourth-order valence-electron chi connectivity index (χ4n) is 2.33. The first-order valence-electron chi connectivity index (χ1n) is 7.54. The molecule has 1 aromatic carbocycles. The molecular formula is C18H17FN2O2. The molecule has 1 aliphatic carbocycles. The zero-order valence-corrected chi connectivity index (χ0v) is 13.0. The largest absolute Gasteiger partial charge is 0.349 e. The first-order chi connectivity index (χ1) is 11.0. The van der Waals surface area contributed by atoms with Crippen LogP contribution in [0, 0.1) is 12.7 Å². The van der Waals surface area contributed by atoms with Crippen LogP contribution in [0.25, 0.3) is 11.3 Å². The van der Waals surface area contributed by atoms with Crippen LogP contribution in [0.1, 0.15) is 46.0 Å². The molecule has 118 valence electrons. The number of amides is 1. The Hall–Kier alpha value is -2.56. The Morgan fingerprint density at radius 1 is 1.22 bits per heavy atom. The Labute approximate surface area is 133 Å². The molecule has 0 radical (unpaired) electrons. The smallest absolute Gasteiger partial charge is 0.251 e. The molecule has 0 unspecified atom stereocenters. The van der Waals surface area contributed by atoms with Gasteiger partial charge in [-0.15, -0.1) is 0 Å². The normalized spacial score (nSPS) is 13.7. The third kappa shape index (κ3) is 3.28. The van der Waals surface area contributed by atoms with E-state index >= 15 is 0 Å². The number of nitrogens with zero attached hydrogens (tertiary/aromatic N) is 1. The van der Waals surface area contributed by atoms with Crippen molar-refractivity contribution in [3.8, 4) is 11.3 Å². The van der Waals surface area contributed by atoms with Crippen molar-refractivity contribution in [3.63, 3.8) is 0 Å². The lowest BCUT2D eigenvalue weighted by Crippen LogP contribution is -2.25. The summed E-state index contributed by atoms with van der Waals surface area (Å²) in [7, 11) is 0. The number of benzene rings is 1. The van der Waals surface area contributed by atoms with Crippen molar-refractivity contribution in [3.05, 3.63) is 53.0 Å². The first kappa shape index (κ1) is 15.3. The Balaban J connectivity index is 1.98. The van der Waals surface area contributed by atoms with Crippen molar-refractivity contribution in [1.29, 1.82) is 0 Å².